The van der Waals surface area contributed by atoms with Gasteiger partial charge in [-0.2, -0.15) is 0 Å². The van der Waals surface area contributed by atoms with Crippen LogP contribution in [0.1, 0.15) is 5.82 Å². The van der Waals surface area contributed by atoms with Gasteiger partial charge in [-0.1, -0.05) is 0 Å². The first-order valence-electron chi connectivity index (χ1n) is 5.98. The van der Waals surface area contributed by atoms with Gasteiger partial charge in [0, 0.05) is 19.5 Å². The number of ether oxygens (including phenoxy) is 1. The van der Waals surface area contributed by atoms with Gasteiger partial charge in [-0.25, -0.2) is 4.98 Å². The summed E-state index contributed by atoms with van der Waals surface area (Å²) in [6, 6.07) is 6.06. The van der Waals surface area contributed by atoms with Gasteiger partial charge < -0.3 is 14.6 Å². The molecule has 1 N–H and O–H groups in total. The predicted octanol–water partition coefficient (Wildman–Crippen LogP) is 1.34. The van der Waals surface area contributed by atoms with Crippen LogP contribution in [0.25, 0.3) is 11.0 Å². The fourth-order valence-electron chi connectivity index (χ4n) is 2.29. The number of aryl methyl sites for hydroxylation is 1. The van der Waals surface area contributed by atoms with Gasteiger partial charge in [-0.3, -0.25) is 0 Å². The van der Waals surface area contributed by atoms with Crippen molar-refractivity contribution in [2.24, 2.45) is 13.0 Å². The van der Waals surface area contributed by atoms with Crippen molar-refractivity contribution in [1.29, 1.82) is 0 Å². The van der Waals surface area contributed by atoms with E-state index in [4.69, 9.17) is 9.72 Å². The summed E-state index contributed by atoms with van der Waals surface area (Å²) in [5.41, 5.74) is 2.20. The molecule has 1 saturated heterocycles. The van der Waals surface area contributed by atoms with Crippen molar-refractivity contribution in [3.63, 3.8) is 0 Å². The van der Waals surface area contributed by atoms with Crippen molar-refractivity contribution in [2.45, 2.75) is 6.42 Å². The largest absolute Gasteiger partial charge is 0.497 e. The van der Waals surface area contributed by atoms with Crippen LogP contribution in [0, 0.1) is 5.92 Å². The summed E-state index contributed by atoms with van der Waals surface area (Å²) in [5.74, 6) is 2.78. The standard InChI is InChI=1S/C13H17N3O/c1-16-12-4-3-10(17-2)6-11(12)15-13(16)5-9-7-14-8-9/h3-4,6,9,14H,5,7-8H2,1-2H3. The smallest absolute Gasteiger partial charge is 0.121 e. The van der Waals surface area contributed by atoms with Crippen LogP contribution in [0.5, 0.6) is 5.75 Å². The van der Waals surface area contributed by atoms with Gasteiger partial charge in [0.05, 0.1) is 18.1 Å². The highest BCUT2D eigenvalue weighted by atomic mass is 16.5. The van der Waals surface area contributed by atoms with E-state index < -0.39 is 0 Å². The molecule has 1 fully saturated rings. The van der Waals surface area contributed by atoms with E-state index in [0.717, 1.165) is 36.7 Å². The monoisotopic (exact) mass is 231 g/mol. The lowest BCUT2D eigenvalue weighted by Gasteiger charge is -2.26. The van der Waals surface area contributed by atoms with Crippen LogP contribution in [0.3, 0.4) is 0 Å². The highest BCUT2D eigenvalue weighted by molar-refractivity contribution is 5.77. The number of aromatic nitrogens is 2. The van der Waals surface area contributed by atoms with Crippen molar-refractivity contribution < 1.29 is 4.74 Å². The second kappa shape index (κ2) is 4.04. The fourth-order valence-corrected chi connectivity index (χ4v) is 2.29. The Balaban J connectivity index is 1.98. The first kappa shape index (κ1) is 10.6. The van der Waals surface area contributed by atoms with E-state index in [-0.39, 0.29) is 0 Å². The molecular formula is C13H17N3O. The molecule has 4 heteroatoms. The number of imidazole rings is 1. The molecular weight excluding hydrogens is 214 g/mol. The van der Waals surface area contributed by atoms with Crippen LogP contribution in [-0.4, -0.2) is 29.8 Å². The first-order valence-corrected chi connectivity index (χ1v) is 5.98. The van der Waals surface area contributed by atoms with Crippen molar-refractivity contribution in [2.75, 3.05) is 20.2 Å². The maximum absolute atomic E-state index is 5.23. The maximum Gasteiger partial charge on any atom is 0.121 e. The van der Waals surface area contributed by atoms with E-state index >= 15 is 0 Å². The number of methoxy groups -OCH3 is 1. The minimum atomic E-state index is 0.743. The molecule has 4 nitrogen and oxygen atoms in total. The third-order valence-electron chi connectivity index (χ3n) is 3.52. The summed E-state index contributed by atoms with van der Waals surface area (Å²) < 4.78 is 7.41. The van der Waals surface area contributed by atoms with Crippen LogP contribution in [0.15, 0.2) is 18.2 Å². The summed E-state index contributed by atoms with van der Waals surface area (Å²) in [6.07, 6.45) is 1.06. The molecule has 0 spiro atoms. The van der Waals surface area contributed by atoms with Crippen molar-refractivity contribution in [1.82, 2.24) is 14.9 Å². The highest BCUT2D eigenvalue weighted by Gasteiger charge is 2.20. The van der Waals surface area contributed by atoms with Crippen LogP contribution >= 0.6 is 0 Å². The molecule has 90 valence electrons. The zero-order valence-electron chi connectivity index (χ0n) is 10.2. The molecule has 3 rings (SSSR count). The first-order chi connectivity index (χ1) is 8.28. The van der Waals surface area contributed by atoms with Crippen molar-refractivity contribution >= 4 is 11.0 Å². The Morgan fingerprint density at radius 2 is 2.29 bits per heavy atom. The average molecular weight is 231 g/mol. The van der Waals surface area contributed by atoms with Gasteiger partial charge in [0.1, 0.15) is 11.6 Å². The molecule has 0 saturated carbocycles. The van der Waals surface area contributed by atoms with Crippen LogP contribution in [0.4, 0.5) is 0 Å². The number of hydrogen-bond donors (Lipinski definition) is 1. The third-order valence-corrected chi connectivity index (χ3v) is 3.52. The molecule has 0 unspecified atom stereocenters. The SMILES string of the molecule is COc1ccc2c(c1)nc(CC1CNC1)n2C. The zero-order chi connectivity index (χ0) is 11.8. The summed E-state index contributed by atoms with van der Waals surface area (Å²) in [6.45, 7) is 2.24. The second-order valence-corrected chi connectivity index (χ2v) is 4.67. The van der Waals surface area contributed by atoms with Gasteiger partial charge in [-0.05, 0) is 31.1 Å². The molecule has 0 aliphatic carbocycles. The molecule has 0 atom stereocenters. The fraction of sp³-hybridized carbons (Fsp3) is 0.462. The van der Waals surface area contributed by atoms with E-state index in [9.17, 15) is 0 Å². The highest BCUT2D eigenvalue weighted by Crippen LogP contribution is 2.22. The van der Waals surface area contributed by atoms with E-state index in [1.807, 2.05) is 12.1 Å². The van der Waals surface area contributed by atoms with Gasteiger partial charge in [0.25, 0.3) is 0 Å². The second-order valence-electron chi connectivity index (χ2n) is 4.67. The Morgan fingerprint density at radius 3 is 2.94 bits per heavy atom. The zero-order valence-corrected chi connectivity index (χ0v) is 10.2. The van der Waals surface area contributed by atoms with Crippen molar-refractivity contribution in [3.05, 3.63) is 24.0 Å². The molecule has 2 heterocycles. The van der Waals surface area contributed by atoms with Crippen LogP contribution in [-0.2, 0) is 13.5 Å². The van der Waals surface area contributed by atoms with Gasteiger partial charge in [-0.15, -0.1) is 0 Å². The Labute approximate surface area is 101 Å². The van der Waals surface area contributed by atoms with E-state index in [1.54, 1.807) is 7.11 Å². The average Bonchev–Trinajstić information content (AvgIpc) is 2.60. The molecule has 2 aromatic rings. The molecule has 1 aliphatic rings. The number of nitrogens with one attached hydrogen (secondary N) is 1. The van der Waals surface area contributed by atoms with E-state index in [2.05, 4.69) is 23.0 Å². The summed E-state index contributed by atoms with van der Waals surface area (Å²) in [4.78, 5) is 4.70. The molecule has 0 amide bonds. The van der Waals surface area contributed by atoms with Gasteiger partial charge >= 0.3 is 0 Å². The minimum Gasteiger partial charge on any atom is -0.497 e. The molecule has 1 aromatic heterocycles. The number of hydrogen-bond acceptors (Lipinski definition) is 3. The van der Waals surface area contributed by atoms with Crippen molar-refractivity contribution in [3.8, 4) is 5.75 Å². The van der Waals surface area contributed by atoms with Crippen LogP contribution < -0.4 is 10.1 Å². The Kier molecular flexibility index (Phi) is 2.52. The third kappa shape index (κ3) is 1.78. The van der Waals surface area contributed by atoms with Gasteiger partial charge in [0.15, 0.2) is 0 Å². The minimum absolute atomic E-state index is 0.743. The van der Waals surface area contributed by atoms with E-state index in [0.29, 0.717) is 0 Å². The lowest BCUT2D eigenvalue weighted by atomic mass is 9.99. The predicted molar refractivity (Wildman–Crippen MR) is 67.3 cm³/mol. The Morgan fingerprint density at radius 1 is 1.47 bits per heavy atom. The summed E-state index contributed by atoms with van der Waals surface area (Å²) >= 11 is 0. The summed E-state index contributed by atoms with van der Waals surface area (Å²) in [7, 11) is 3.77. The number of nitrogens with zero attached hydrogens (tertiary/aromatic N) is 2. The number of fused-ring (bicyclic) bond motifs is 1. The molecule has 0 radical (unpaired) electrons. The topological polar surface area (TPSA) is 39.1 Å². The molecule has 1 aliphatic heterocycles. The lowest BCUT2D eigenvalue weighted by Crippen LogP contribution is -2.43. The number of rotatable bonds is 3. The van der Waals surface area contributed by atoms with E-state index in [1.165, 1.54) is 11.3 Å². The molecule has 17 heavy (non-hydrogen) atoms. The normalized spacial score (nSPS) is 16.1. The summed E-state index contributed by atoms with van der Waals surface area (Å²) in [5, 5.41) is 3.30. The lowest BCUT2D eigenvalue weighted by molar-refractivity contribution is 0.339. The Bertz CT molecular complexity index is 543. The number of benzene rings is 1. The van der Waals surface area contributed by atoms with Crippen LogP contribution in [0.2, 0.25) is 0 Å². The van der Waals surface area contributed by atoms with Gasteiger partial charge in [0.2, 0.25) is 0 Å². The maximum atomic E-state index is 5.23. The molecule has 1 aromatic carbocycles. The Hall–Kier alpha value is -1.55. The quantitative estimate of drug-likeness (QED) is 0.866. The molecule has 0 bridgehead atoms.